The summed E-state index contributed by atoms with van der Waals surface area (Å²) >= 11 is 1.58. The van der Waals surface area contributed by atoms with Crippen LogP contribution in [0.25, 0.3) is 21.3 Å². The lowest BCUT2D eigenvalue weighted by Crippen LogP contribution is -2.24. The van der Waals surface area contributed by atoms with Crippen molar-refractivity contribution >= 4 is 21.6 Å². The molecule has 2 aromatic carbocycles. The molecule has 0 aliphatic heterocycles. The molecule has 2 aromatic heterocycles. The molecule has 0 aliphatic carbocycles. The lowest BCUT2D eigenvalue weighted by atomic mass is 10.0. The molecule has 0 bridgehead atoms. The first-order valence-electron chi connectivity index (χ1n) is 11.0. The van der Waals surface area contributed by atoms with Gasteiger partial charge in [0.25, 0.3) is 5.56 Å². The molecule has 0 radical (unpaired) electrons. The number of aromatic nitrogens is 2. The van der Waals surface area contributed by atoms with Gasteiger partial charge in [-0.15, -0.1) is 11.3 Å². The van der Waals surface area contributed by atoms with Crippen LogP contribution in [0.4, 0.5) is 0 Å². The van der Waals surface area contributed by atoms with Crippen LogP contribution in [0.2, 0.25) is 0 Å². The van der Waals surface area contributed by atoms with Crippen LogP contribution < -0.4 is 15.0 Å². The quantitative estimate of drug-likeness (QED) is 0.295. The predicted octanol–water partition coefficient (Wildman–Crippen LogP) is 6.00. The van der Waals surface area contributed by atoms with E-state index in [1.54, 1.807) is 15.9 Å². The second-order valence-corrected chi connectivity index (χ2v) is 8.86. The molecule has 2 heterocycles. The minimum atomic E-state index is 0.0321. The van der Waals surface area contributed by atoms with Crippen molar-refractivity contribution < 1.29 is 9.47 Å². The first-order valence-corrected chi connectivity index (χ1v) is 11.8. The fourth-order valence-corrected chi connectivity index (χ4v) is 4.95. The second-order valence-electron chi connectivity index (χ2n) is 7.66. The van der Waals surface area contributed by atoms with E-state index in [4.69, 9.17) is 14.5 Å². The van der Waals surface area contributed by atoms with Crippen molar-refractivity contribution in [1.29, 1.82) is 0 Å². The zero-order chi connectivity index (χ0) is 22.5. The van der Waals surface area contributed by atoms with Crippen molar-refractivity contribution in [2.24, 2.45) is 0 Å². The van der Waals surface area contributed by atoms with E-state index in [9.17, 15) is 4.79 Å². The molecule has 5 nitrogen and oxygen atoms in total. The smallest absolute Gasteiger partial charge is 0.262 e. The number of hydrogen-bond donors (Lipinski definition) is 0. The van der Waals surface area contributed by atoms with E-state index in [1.807, 2.05) is 68.4 Å². The predicted molar refractivity (Wildman–Crippen MR) is 131 cm³/mol. The standard InChI is InChI=1S/C26H28N2O3S/c1-4-30-22-14-12-20(13-15-22)23-18(2)32-25-24(23)26(29)28(19(3)27-25)16-8-9-17-31-21-10-6-5-7-11-21/h5-7,10-15H,4,8-9,16-17H2,1-3H3. The monoisotopic (exact) mass is 448 g/mol. The van der Waals surface area contributed by atoms with Crippen LogP contribution in [0.1, 0.15) is 30.5 Å². The lowest BCUT2D eigenvalue weighted by Gasteiger charge is -2.11. The van der Waals surface area contributed by atoms with Gasteiger partial charge in [0.05, 0.1) is 18.6 Å². The largest absolute Gasteiger partial charge is 0.494 e. The average molecular weight is 449 g/mol. The zero-order valence-electron chi connectivity index (χ0n) is 18.8. The molecule has 6 heteroatoms. The minimum Gasteiger partial charge on any atom is -0.494 e. The van der Waals surface area contributed by atoms with Gasteiger partial charge in [-0.3, -0.25) is 9.36 Å². The van der Waals surface area contributed by atoms with Gasteiger partial charge < -0.3 is 9.47 Å². The van der Waals surface area contributed by atoms with E-state index >= 15 is 0 Å². The summed E-state index contributed by atoms with van der Waals surface area (Å²) in [4.78, 5) is 20.2. The van der Waals surface area contributed by atoms with Crippen molar-refractivity contribution in [2.75, 3.05) is 13.2 Å². The van der Waals surface area contributed by atoms with Gasteiger partial charge in [-0.05, 0) is 63.4 Å². The Balaban J connectivity index is 1.55. The Morgan fingerprint density at radius 3 is 2.38 bits per heavy atom. The fraction of sp³-hybridized carbons (Fsp3) is 0.308. The molecule has 4 rings (SSSR count). The first-order chi connectivity index (χ1) is 15.6. The maximum Gasteiger partial charge on any atom is 0.262 e. The molecule has 0 N–H and O–H groups in total. The Labute approximate surface area is 192 Å². The Hall–Kier alpha value is -3.12. The van der Waals surface area contributed by atoms with Gasteiger partial charge in [0.2, 0.25) is 0 Å². The summed E-state index contributed by atoms with van der Waals surface area (Å²) in [5.41, 5.74) is 2.03. The van der Waals surface area contributed by atoms with Gasteiger partial charge in [0.1, 0.15) is 22.2 Å². The van der Waals surface area contributed by atoms with Crippen LogP contribution in [-0.4, -0.2) is 22.8 Å². The van der Waals surface area contributed by atoms with Crippen molar-refractivity contribution in [3.8, 4) is 22.6 Å². The zero-order valence-corrected chi connectivity index (χ0v) is 19.6. The van der Waals surface area contributed by atoms with Crippen molar-refractivity contribution in [1.82, 2.24) is 9.55 Å². The van der Waals surface area contributed by atoms with Crippen LogP contribution in [0.5, 0.6) is 11.5 Å². The number of para-hydroxylation sites is 1. The Bertz CT molecular complexity index is 1240. The van der Waals surface area contributed by atoms with Gasteiger partial charge in [-0.2, -0.15) is 0 Å². The van der Waals surface area contributed by atoms with Gasteiger partial charge in [0.15, 0.2) is 0 Å². The normalized spacial score (nSPS) is 11.1. The minimum absolute atomic E-state index is 0.0321. The van der Waals surface area contributed by atoms with E-state index in [-0.39, 0.29) is 5.56 Å². The molecular weight excluding hydrogens is 420 g/mol. The highest BCUT2D eigenvalue weighted by Gasteiger charge is 2.18. The molecule has 0 unspecified atom stereocenters. The summed E-state index contributed by atoms with van der Waals surface area (Å²) in [6.45, 7) is 7.82. The van der Waals surface area contributed by atoms with Crippen molar-refractivity contribution in [3.05, 3.63) is 75.7 Å². The number of hydrogen-bond acceptors (Lipinski definition) is 5. The summed E-state index contributed by atoms with van der Waals surface area (Å²) in [7, 11) is 0. The summed E-state index contributed by atoms with van der Waals surface area (Å²) in [6, 6.07) is 17.7. The van der Waals surface area contributed by atoms with Crippen molar-refractivity contribution in [2.45, 2.75) is 40.2 Å². The van der Waals surface area contributed by atoms with E-state index in [0.29, 0.717) is 25.1 Å². The van der Waals surface area contributed by atoms with Crippen LogP contribution in [0, 0.1) is 13.8 Å². The number of thiophene rings is 1. The summed E-state index contributed by atoms with van der Waals surface area (Å²) in [5, 5.41) is 0.711. The maximum absolute atomic E-state index is 13.5. The number of fused-ring (bicyclic) bond motifs is 1. The molecule has 0 aliphatic rings. The molecule has 0 spiro atoms. The number of aryl methyl sites for hydroxylation is 2. The molecule has 4 aromatic rings. The first kappa shape index (κ1) is 22.1. The van der Waals surface area contributed by atoms with E-state index in [0.717, 1.165) is 51.0 Å². The number of nitrogens with zero attached hydrogens (tertiary/aromatic N) is 2. The highest BCUT2D eigenvalue weighted by atomic mass is 32.1. The summed E-state index contributed by atoms with van der Waals surface area (Å²) in [5.74, 6) is 2.46. The van der Waals surface area contributed by atoms with E-state index < -0.39 is 0 Å². The number of benzene rings is 2. The van der Waals surface area contributed by atoms with Gasteiger partial charge in [0, 0.05) is 17.0 Å². The molecule has 166 valence electrons. The molecule has 0 saturated heterocycles. The number of rotatable bonds is 9. The Morgan fingerprint density at radius 1 is 0.938 bits per heavy atom. The van der Waals surface area contributed by atoms with Gasteiger partial charge in [-0.1, -0.05) is 30.3 Å². The molecule has 0 saturated carbocycles. The van der Waals surface area contributed by atoms with Crippen LogP contribution in [-0.2, 0) is 6.54 Å². The van der Waals surface area contributed by atoms with Crippen LogP contribution in [0.3, 0.4) is 0 Å². The van der Waals surface area contributed by atoms with Crippen LogP contribution in [0.15, 0.2) is 59.4 Å². The number of unbranched alkanes of at least 4 members (excludes halogenated alkanes) is 1. The third-order valence-corrected chi connectivity index (χ3v) is 6.42. The molecule has 0 amide bonds. The fourth-order valence-electron chi connectivity index (χ4n) is 3.87. The second kappa shape index (κ2) is 10.0. The summed E-state index contributed by atoms with van der Waals surface area (Å²) in [6.07, 6.45) is 1.72. The third kappa shape index (κ3) is 4.70. The Kier molecular flexibility index (Phi) is 6.90. The molecular formula is C26H28N2O3S. The van der Waals surface area contributed by atoms with Gasteiger partial charge in [-0.25, -0.2) is 4.98 Å². The van der Waals surface area contributed by atoms with Crippen LogP contribution >= 0.6 is 11.3 Å². The highest BCUT2D eigenvalue weighted by molar-refractivity contribution is 7.19. The van der Waals surface area contributed by atoms with E-state index in [1.165, 1.54) is 0 Å². The maximum atomic E-state index is 13.5. The highest BCUT2D eigenvalue weighted by Crippen LogP contribution is 2.36. The average Bonchev–Trinajstić information content (AvgIpc) is 3.12. The Morgan fingerprint density at radius 2 is 1.66 bits per heavy atom. The molecule has 0 atom stereocenters. The van der Waals surface area contributed by atoms with Gasteiger partial charge >= 0.3 is 0 Å². The molecule has 32 heavy (non-hydrogen) atoms. The molecule has 0 fully saturated rings. The lowest BCUT2D eigenvalue weighted by molar-refractivity contribution is 0.302. The van der Waals surface area contributed by atoms with Crippen molar-refractivity contribution in [3.63, 3.8) is 0 Å². The summed E-state index contributed by atoms with van der Waals surface area (Å²) < 4.78 is 13.1. The number of ether oxygens (including phenoxy) is 2. The third-order valence-electron chi connectivity index (χ3n) is 5.42. The van der Waals surface area contributed by atoms with E-state index in [2.05, 4.69) is 6.92 Å². The SMILES string of the molecule is CCOc1ccc(-c2c(C)sc3nc(C)n(CCCCOc4ccccc4)c(=O)c23)cc1. The topological polar surface area (TPSA) is 53.4 Å².